The van der Waals surface area contributed by atoms with Crippen LogP contribution in [0.2, 0.25) is 0 Å². The molecule has 2 amide bonds. The van der Waals surface area contributed by atoms with Gasteiger partial charge in [0.1, 0.15) is 0 Å². The lowest BCUT2D eigenvalue weighted by molar-refractivity contribution is -0.113. The summed E-state index contributed by atoms with van der Waals surface area (Å²) in [4.78, 5) is 25.5. The zero-order valence-electron chi connectivity index (χ0n) is 15.7. The maximum Gasteiger partial charge on any atom is 0.252 e. The normalized spacial score (nSPS) is 11.5. The molecule has 0 fully saturated rings. The number of amides is 2. The van der Waals surface area contributed by atoms with Crippen molar-refractivity contribution in [3.8, 4) is 6.07 Å². The minimum Gasteiger partial charge on any atom is -0.349 e. The number of nitriles is 1. The van der Waals surface area contributed by atoms with Crippen LogP contribution in [-0.4, -0.2) is 23.6 Å². The molecule has 2 aromatic rings. The predicted octanol–water partition coefficient (Wildman–Crippen LogP) is 4.06. The summed E-state index contributed by atoms with van der Waals surface area (Å²) >= 11 is 1.31. The first-order valence-electron chi connectivity index (χ1n) is 8.73. The van der Waals surface area contributed by atoms with E-state index in [4.69, 9.17) is 5.26 Å². The van der Waals surface area contributed by atoms with Gasteiger partial charge in [-0.2, -0.15) is 5.26 Å². The number of carbonyl (C=O) groups excluding carboxylic acids is 2. The Morgan fingerprint density at radius 2 is 1.85 bits per heavy atom. The van der Waals surface area contributed by atoms with Gasteiger partial charge in [-0.05, 0) is 43.2 Å². The van der Waals surface area contributed by atoms with Gasteiger partial charge in [0.25, 0.3) is 5.91 Å². The summed E-state index contributed by atoms with van der Waals surface area (Å²) in [6.07, 6.45) is 0. The summed E-state index contributed by atoms with van der Waals surface area (Å²) in [7, 11) is 0. The second-order valence-corrected chi connectivity index (χ2v) is 7.55. The zero-order chi connectivity index (χ0) is 19.8. The third-order valence-corrected chi connectivity index (χ3v) is 5.20. The van der Waals surface area contributed by atoms with E-state index in [-0.39, 0.29) is 23.6 Å². The van der Waals surface area contributed by atoms with Gasteiger partial charge in [-0.25, -0.2) is 0 Å². The van der Waals surface area contributed by atoms with Gasteiger partial charge >= 0.3 is 0 Å². The highest BCUT2D eigenvalue weighted by molar-refractivity contribution is 8.00. The molecule has 1 unspecified atom stereocenters. The second kappa shape index (κ2) is 9.79. The molecule has 0 aliphatic rings. The number of benzene rings is 2. The Bertz CT molecular complexity index is 859. The van der Waals surface area contributed by atoms with E-state index >= 15 is 0 Å². The minimum absolute atomic E-state index is 0.0614. The van der Waals surface area contributed by atoms with Crippen LogP contribution in [0.15, 0.2) is 53.4 Å². The van der Waals surface area contributed by atoms with E-state index in [1.807, 2.05) is 31.2 Å². The lowest BCUT2D eigenvalue weighted by atomic mass is 10.1. The second-order valence-electron chi connectivity index (χ2n) is 6.53. The standard InChI is InChI=1S/C21H23N3O2S/c1-14(2)15(3)23-21(26)18-9-4-5-10-19(18)27-13-20(25)24-17-8-6-7-16(11-17)12-22/h4-11,14-15H,13H2,1-3H3,(H,23,26)(H,24,25). The molecule has 0 saturated heterocycles. The molecule has 2 rings (SSSR count). The minimum atomic E-state index is -0.194. The summed E-state index contributed by atoms with van der Waals surface area (Å²) in [5.74, 6) is 0.173. The van der Waals surface area contributed by atoms with Gasteiger partial charge in [0.2, 0.25) is 5.91 Å². The van der Waals surface area contributed by atoms with Crippen molar-refractivity contribution in [2.45, 2.75) is 31.7 Å². The first-order chi connectivity index (χ1) is 12.9. The van der Waals surface area contributed by atoms with Gasteiger partial charge in [-0.1, -0.05) is 32.0 Å². The van der Waals surface area contributed by atoms with E-state index in [1.54, 1.807) is 30.3 Å². The highest BCUT2D eigenvalue weighted by atomic mass is 32.2. The molecule has 0 aliphatic carbocycles. The van der Waals surface area contributed by atoms with Crippen molar-refractivity contribution < 1.29 is 9.59 Å². The lowest BCUT2D eigenvalue weighted by Gasteiger charge is -2.18. The topological polar surface area (TPSA) is 82.0 Å². The van der Waals surface area contributed by atoms with Crippen molar-refractivity contribution in [2.75, 3.05) is 11.1 Å². The van der Waals surface area contributed by atoms with Crippen molar-refractivity contribution in [2.24, 2.45) is 5.92 Å². The Kier molecular flexibility index (Phi) is 7.44. The average Bonchev–Trinajstić information content (AvgIpc) is 2.66. The number of thioether (sulfide) groups is 1. The summed E-state index contributed by atoms with van der Waals surface area (Å²) in [6.45, 7) is 6.08. The molecule has 0 aromatic heterocycles. The summed E-state index contributed by atoms with van der Waals surface area (Å²) < 4.78 is 0. The molecule has 27 heavy (non-hydrogen) atoms. The molecule has 0 aliphatic heterocycles. The van der Waals surface area contributed by atoms with Crippen molar-refractivity contribution >= 4 is 29.3 Å². The Morgan fingerprint density at radius 1 is 1.11 bits per heavy atom. The van der Waals surface area contributed by atoms with Gasteiger partial charge in [-0.15, -0.1) is 11.8 Å². The average molecular weight is 382 g/mol. The molecule has 5 nitrogen and oxygen atoms in total. The van der Waals surface area contributed by atoms with Crippen LogP contribution in [0.1, 0.15) is 36.7 Å². The van der Waals surface area contributed by atoms with Gasteiger partial charge in [0.15, 0.2) is 0 Å². The van der Waals surface area contributed by atoms with Crippen LogP contribution in [0.3, 0.4) is 0 Å². The molecular weight excluding hydrogens is 358 g/mol. The molecule has 0 bridgehead atoms. The molecular formula is C21H23N3O2S. The van der Waals surface area contributed by atoms with E-state index < -0.39 is 0 Å². The number of carbonyl (C=O) groups is 2. The van der Waals surface area contributed by atoms with E-state index in [0.717, 1.165) is 4.90 Å². The lowest BCUT2D eigenvalue weighted by Crippen LogP contribution is -2.36. The van der Waals surface area contributed by atoms with Crippen molar-refractivity contribution in [1.29, 1.82) is 5.26 Å². The number of rotatable bonds is 7. The van der Waals surface area contributed by atoms with Crippen LogP contribution in [0.4, 0.5) is 5.69 Å². The quantitative estimate of drug-likeness (QED) is 0.709. The third kappa shape index (κ3) is 6.15. The molecule has 140 valence electrons. The summed E-state index contributed by atoms with van der Waals surface area (Å²) in [5.41, 5.74) is 1.63. The summed E-state index contributed by atoms with van der Waals surface area (Å²) in [5, 5.41) is 14.7. The van der Waals surface area contributed by atoms with E-state index in [9.17, 15) is 9.59 Å². The largest absolute Gasteiger partial charge is 0.349 e. The highest BCUT2D eigenvalue weighted by Gasteiger charge is 2.16. The number of anilines is 1. The van der Waals surface area contributed by atoms with Gasteiger partial charge in [0.05, 0.1) is 22.9 Å². The van der Waals surface area contributed by atoms with Crippen molar-refractivity contribution in [3.05, 3.63) is 59.7 Å². The SMILES string of the molecule is CC(C)C(C)NC(=O)c1ccccc1SCC(=O)Nc1cccc(C#N)c1. The molecule has 0 heterocycles. The van der Waals surface area contributed by atoms with Crippen LogP contribution < -0.4 is 10.6 Å². The van der Waals surface area contributed by atoms with E-state index in [2.05, 4.69) is 24.5 Å². The monoisotopic (exact) mass is 381 g/mol. The number of hydrogen-bond acceptors (Lipinski definition) is 4. The maximum absolute atomic E-state index is 12.5. The third-order valence-electron chi connectivity index (χ3n) is 4.12. The van der Waals surface area contributed by atoms with Crippen LogP contribution in [0.25, 0.3) is 0 Å². The fraction of sp³-hybridized carbons (Fsp3) is 0.286. The first kappa shape index (κ1) is 20.5. The van der Waals surface area contributed by atoms with Crippen molar-refractivity contribution in [1.82, 2.24) is 5.32 Å². The van der Waals surface area contributed by atoms with Gasteiger partial charge in [-0.3, -0.25) is 9.59 Å². The van der Waals surface area contributed by atoms with Crippen molar-refractivity contribution in [3.63, 3.8) is 0 Å². The molecule has 0 radical (unpaired) electrons. The Morgan fingerprint density at radius 3 is 2.56 bits per heavy atom. The van der Waals surface area contributed by atoms with Gasteiger partial charge in [0, 0.05) is 16.6 Å². The Hall–Kier alpha value is -2.78. The Labute approximate surface area is 164 Å². The molecule has 1 atom stereocenters. The molecule has 0 spiro atoms. The molecule has 6 heteroatoms. The fourth-order valence-electron chi connectivity index (χ4n) is 2.24. The number of nitrogens with zero attached hydrogens (tertiary/aromatic N) is 1. The van der Waals surface area contributed by atoms with Gasteiger partial charge < -0.3 is 10.6 Å². The van der Waals surface area contributed by atoms with Crippen LogP contribution in [-0.2, 0) is 4.79 Å². The highest BCUT2D eigenvalue weighted by Crippen LogP contribution is 2.23. The smallest absolute Gasteiger partial charge is 0.252 e. The summed E-state index contributed by atoms with van der Waals surface area (Å²) in [6, 6.07) is 16.1. The van der Waals surface area contributed by atoms with Crippen LogP contribution >= 0.6 is 11.8 Å². The number of nitrogens with one attached hydrogen (secondary N) is 2. The van der Waals surface area contributed by atoms with Crippen LogP contribution in [0, 0.1) is 17.2 Å². The zero-order valence-corrected chi connectivity index (χ0v) is 16.5. The molecule has 2 N–H and O–H groups in total. The van der Waals surface area contributed by atoms with E-state index in [1.165, 1.54) is 11.8 Å². The molecule has 0 saturated carbocycles. The first-order valence-corrected chi connectivity index (χ1v) is 9.72. The maximum atomic E-state index is 12.5. The predicted molar refractivity (Wildman–Crippen MR) is 109 cm³/mol. The fourth-order valence-corrected chi connectivity index (χ4v) is 3.09. The Balaban J connectivity index is 2.00. The molecule has 2 aromatic carbocycles. The van der Waals surface area contributed by atoms with E-state index in [0.29, 0.717) is 22.7 Å². The van der Waals surface area contributed by atoms with Crippen LogP contribution in [0.5, 0.6) is 0 Å². The number of hydrogen-bond donors (Lipinski definition) is 2.